The minimum Gasteiger partial charge on any atom is -0.377 e. The van der Waals surface area contributed by atoms with Crippen molar-refractivity contribution in [2.75, 3.05) is 13.2 Å². The average molecular weight is 214 g/mol. The molecule has 88 valence electrons. The van der Waals surface area contributed by atoms with Crippen molar-refractivity contribution in [3.8, 4) is 0 Å². The summed E-state index contributed by atoms with van der Waals surface area (Å²) >= 11 is 0. The third-order valence-corrected chi connectivity index (χ3v) is 2.50. The van der Waals surface area contributed by atoms with E-state index in [2.05, 4.69) is 10.6 Å². The van der Waals surface area contributed by atoms with Crippen LogP contribution in [-0.2, 0) is 9.53 Å². The Hall–Kier alpha value is -0.610. The lowest BCUT2D eigenvalue weighted by Crippen LogP contribution is -2.46. The van der Waals surface area contributed by atoms with Crippen molar-refractivity contribution in [1.82, 2.24) is 10.6 Å². The summed E-state index contributed by atoms with van der Waals surface area (Å²) in [5.74, 6) is 0.0583. The Labute approximate surface area is 91.8 Å². The van der Waals surface area contributed by atoms with Crippen LogP contribution < -0.4 is 10.6 Å². The van der Waals surface area contributed by atoms with Crippen LogP contribution in [-0.4, -0.2) is 37.2 Å². The van der Waals surface area contributed by atoms with Gasteiger partial charge in [-0.25, -0.2) is 0 Å². The highest BCUT2D eigenvalue weighted by Gasteiger charge is 2.18. The topological polar surface area (TPSA) is 50.4 Å². The molecule has 1 amide bonds. The normalized spacial score (nSPS) is 23.1. The minimum absolute atomic E-state index is 0.0583. The van der Waals surface area contributed by atoms with Gasteiger partial charge in [-0.2, -0.15) is 0 Å². The highest BCUT2D eigenvalue weighted by molar-refractivity contribution is 5.81. The van der Waals surface area contributed by atoms with Gasteiger partial charge in [0.15, 0.2) is 0 Å². The van der Waals surface area contributed by atoms with Gasteiger partial charge in [0.25, 0.3) is 0 Å². The van der Waals surface area contributed by atoms with E-state index in [0.717, 1.165) is 26.0 Å². The zero-order chi connectivity index (χ0) is 11.3. The smallest absolute Gasteiger partial charge is 0.237 e. The molecule has 1 saturated heterocycles. The summed E-state index contributed by atoms with van der Waals surface area (Å²) in [6.45, 7) is 7.44. The van der Waals surface area contributed by atoms with Gasteiger partial charge < -0.3 is 15.4 Å². The van der Waals surface area contributed by atoms with Crippen molar-refractivity contribution in [2.24, 2.45) is 0 Å². The molecule has 0 saturated carbocycles. The van der Waals surface area contributed by atoms with E-state index in [-0.39, 0.29) is 18.0 Å². The summed E-state index contributed by atoms with van der Waals surface area (Å²) in [4.78, 5) is 11.5. The first-order valence-electron chi connectivity index (χ1n) is 5.75. The molecule has 1 heterocycles. The molecule has 0 aromatic heterocycles. The molecule has 0 spiro atoms. The second-order valence-corrected chi connectivity index (χ2v) is 4.43. The minimum atomic E-state index is -0.142. The summed E-state index contributed by atoms with van der Waals surface area (Å²) in [5.41, 5.74) is 0. The molecule has 15 heavy (non-hydrogen) atoms. The van der Waals surface area contributed by atoms with Crippen LogP contribution in [0.15, 0.2) is 0 Å². The molecule has 0 bridgehead atoms. The molecule has 0 aromatic carbocycles. The zero-order valence-corrected chi connectivity index (χ0v) is 9.88. The van der Waals surface area contributed by atoms with Crippen LogP contribution in [0.4, 0.5) is 0 Å². The average Bonchev–Trinajstić information content (AvgIpc) is 2.65. The van der Waals surface area contributed by atoms with E-state index in [1.807, 2.05) is 20.8 Å². The van der Waals surface area contributed by atoms with Gasteiger partial charge in [0.1, 0.15) is 0 Å². The van der Waals surface area contributed by atoms with Crippen LogP contribution in [0.3, 0.4) is 0 Å². The molecule has 0 radical (unpaired) electrons. The van der Waals surface area contributed by atoms with Gasteiger partial charge in [0, 0.05) is 19.2 Å². The lowest BCUT2D eigenvalue weighted by atomic mass is 10.2. The monoisotopic (exact) mass is 214 g/mol. The molecular formula is C11H22N2O2. The zero-order valence-electron chi connectivity index (χ0n) is 9.88. The van der Waals surface area contributed by atoms with Crippen LogP contribution in [0.25, 0.3) is 0 Å². The van der Waals surface area contributed by atoms with Gasteiger partial charge in [0.05, 0.1) is 12.1 Å². The van der Waals surface area contributed by atoms with Crippen LogP contribution in [0.2, 0.25) is 0 Å². The van der Waals surface area contributed by atoms with Gasteiger partial charge in [-0.1, -0.05) is 0 Å². The van der Waals surface area contributed by atoms with Gasteiger partial charge in [0.2, 0.25) is 5.91 Å². The third-order valence-electron chi connectivity index (χ3n) is 2.50. The fourth-order valence-electron chi connectivity index (χ4n) is 1.62. The van der Waals surface area contributed by atoms with Gasteiger partial charge >= 0.3 is 0 Å². The van der Waals surface area contributed by atoms with E-state index in [0.29, 0.717) is 6.10 Å². The Kier molecular flexibility index (Phi) is 5.05. The van der Waals surface area contributed by atoms with Crippen molar-refractivity contribution in [2.45, 2.75) is 51.8 Å². The first-order valence-corrected chi connectivity index (χ1v) is 5.75. The van der Waals surface area contributed by atoms with E-state index in [4.69, 9.17) is 4.74 Å². The SMILES string of the molecule is CC(C)NC(=O)C(C)NCC1CCCO1. The first kappa shape index (κ1) is 12.5. The quantitative estimate of drug-likeness (QED) is 0.707. The second kappa shape index (κ2) is 6.08. The van der Waals surface area contributed by atoms with E-state index in [9.17, 15) is 4.79 Å². The second-order valence-electron chi connectivity index (χ2n) is 4.43. The molecule has 1 aliphatic heterocycles. The maximum absolute atomic E-state index is 11.5. The van der Waals surface area contributed by atoms with Crippen molar-refractivity contribution < 1.29 is 9.53 Å². The summed E-state index contributed by atoms with van der Waals surface area (Å²) in [7, 11) is 0. The predicted octanol–water partition coefficient (Wildman–Crippen LogP) is 0.668. The molecule has 2 atom stereocenters. The molecule has 4 nitrogen and oxygen atoms in total. The number of hydrogen-bond donors (Lipinski definition) is 2. The number of carbonyl (C=O) groups excluding carboxylic acids is 1. The number of amides is 1. The molecule has 2 unspecified atom stereocenters. The van der Waals surface area contributed by atoms with Crippen molar-refractivity contribution >= 4 is 5.91 Å². The van der Waals surface area contributed by atoms with Crippen molar-refractivity contribution in [1.29, 1.82) is 0 Å². The number of nitrogens with one attached hydrogen (secondary N) is 2. The fourth-order valence-corrected chi connectivity index (χ4v) is 1.62. The van der Waals surface area contributed by atoms with Crippen LogP contribution >= 0.6 is 0 Å². The summed E-state index contributed by atoms with van der Waals surface area (Å²) < 4.78 is 5.47. The van der Waals surface area contributed by atoms with Crippen molar-refractivity contribution in [3.05, 3.63) is 0 Å². The number of carbonyl (C=O) groups is 1. The van der Waals surface area contributed by atoms with Crippen LogP contribution in [0.5, 0.6) is 0 Å². The molecular weight excluding hydrogens is 192 g/mol. The molecule has 0 aliphatic carbocycles. The Morgan fingerprint density at radius 3 is 2.73 bits per heavy atom. The first-order chi connectivity index (χ1) is 7.09. The molecule has 0 aromatic rings. The van der Waals surface area contributed by atoms with Gasteiger partial charge in [-0.3, -0.25) is 4.79 Å². The van der Waals surface area contributed by atoms with Crippen molar-refractivity contribution in [3.63, 3.8) is 0 Å². The maximum Gasteiger partial charge on any atom is 0.237 e. The van der Waals surface area contributed by atoms with E-state index in [1.54, 1.807) is 0 Å². The number of hydrogen-bond acceptors (Lipinski definition) is 3. The number of ether oxygens (including phenoxy) is 1. The Balaban J connectivity index is 2.16. The predicted molar refractivity (Wildman–Crippen MR) is 59.7 cm³/mol. The van der Waals surface area contributed by atoms with E-state index in [1.165, 1.54) is 0 Å². The number of rotatable bonds is 5. The molecule has 4 heteroatoms. The maximum atomic E-state index is 11.5. The summed E-state index contributed by atoms with van der Waals surface area (Å²) in [6, 6.07) is 0.0566. The molecule has 1 rings (SSSR count). The van der Waals surface area contributed by atoms with Crippen LogP contribution in [0.1, 0.15) is 33.6 Å². The van der Waals surface area contributed by atoms with E-state index < -0.39 is 0 Å². The molecule has 1 aliphatic rings. The lowest BCUT2D eigenvalue weighted by molar-refractivity contribution is -0.123. The highest BCUT2D eigenvalue weighted by Crippen LogP contribution is 2.10. The standard InChI is InChI=1S/C11H22N2O2/c1-8(2)13-11(14)9(3)12-7-10-5-4-6-15-10/h8-10,12H,4-7H2,1-3H3,(H,13,14). The fraction of sp³-hybridized carbons (Fsp3) is 0.909. The third kappa shape index (κ3) is 4.62. The van der Waals surface area contributed by atoms with Gasteiger partial charge in [-0.05, 0) is 33.6 Å². The molecule has 2 N–H and O–H groups in total. The summed E-state index contributed by atoms with van der Waals surface area (Å²) in [6.07, 6.45) is 2.53. The highest BCUT2D eigenvalue weighted by atomic mass is 16.5. The summed E-state index contributed by atoms with van der Waals surface area (Å²) in [5, 5.41) is 6.07. The lowest BCUT2D eigenvalue weighted by Gasteiger charge is -2.18. The Bertz CT molecular complexity index is 201. The Morgan fingerprint density at radius 1 is 1.47 bits per heavy atom. The van der Waals surface area contributed by atoms with Crippen LogP contribution in [0, 0.1) is 0 Å². The van der Waals surface area contributed by atoms with Gasteiger partial charge in [-0.15, -0.1) is 0 Å². The molecule has 1 fully saturated rings. The Morgan fingerprint density at radius 2 is 2.20 bits per heavy atom. The largest absolute Gasteiger partial charge is 0.377 e. The van der Waals surface area contributed by atoms with E-state index >= 15 is 0 Å².